The van der Waals surface area contributed by atoms with Gasteiger partial charge >= 0.3 is 0 Å². The fraction of sp³-hybridized carbons (Fsp3) is 0.444. The molecule has 0 fully saturated rings. The van der Waals surface area contributed by atoms with E-state index < -0.39 is 0 Å². The van der Waals surface area contributed by atoms with Gasteiger partial charge in [0.2, 0.25) is 0 Å². The highest BCUT2D eigenvalue weighted by atomic mass is 32.1. The second-order valence-corrected chi connectivity index (χ2v) is 7.19. The van der Waals surface area contributed by atoms with Gasteiger partial charge in [-0.25, -0.2) is 4.98 Å². The van der Waals surface area contributed by atoms with Crippen LogP contribution in [0.4, 0.5) is 0 Å². The van der Waals surface area contributed by atoms with Crippen LogP contribution >= 0.6 is 11.3 Å². The number of aryl methyl sites for hydroxylation is 5. The molecule has 1 aromatic carbocycles. The van der Waals surface area contributed by atoms with E-state index in [2.05, 4.69) is 60.4 Å². The Labute approximate surface area is 143 Å². The predicted octanol–water partition coefficient (Wildman–Crippen LogP) is 3.55. The molecule has 0 atom stereocenters. The standard InChI is InChI=1S/C18H26N4S/c1-11-7-12(2)16(13(3)8-11)9-20-18(19-6)21-10-17-14(4)22-15(5)23-17/h7-8H,9-10H2,1-6H3,(H2,19,20,21). The van der Waals surface area contributed by atoms with Gasteiger partial charge in [-0.3, -0.25) is 4.99 Å². The van der Waals surface area contributed by atoms with Crippen molar-refractivity contribution in [2.45, 2.75) is 47.7 Å². The smallest absolute Gasteiger partial charge is 0.191 e. The van der Waals surface area contributed by atoms with Crippen molar-refractivity contribution in [3.63, 3.8) is 0 Å². The maximum absolute atomic E-state index is 4.46. The molecular weight excluding hydrogens is 304 g/mol. The van der Waals surface area contributed by atoms with Crippen molar-refractivity contribution in [1.82, 2.24) is 15.6 Å². The van der Waals surface area contributed by atoms with Gasteiger partial charge in [0.15, 0.2) is 5.96 Å². The molecule has 23 heavy (non-hydrogen) atoms. The summed E-state index contributed by atoms with van der Waals surface area (Å²) in [6.07, 6.45) is 0. The Morgan fingerprint density at radius 1 is 1.04 bits per heavy atom. The van der Waals surface area contributed by atoms with Crippen LogP contribution in [0.25, 0.3) is 0 Å². The van der Waals surface area contributed by atoms with Gasteiger partial charge in [-0.05, 0) is 51.3 Å². The van der Waals surface area contributed by atoms with Crippen LogP contribution in [0.5, 0.6) is 0 Å². The lowest BCUT2D eigenvalue weighted by Gasteiger charge is -2.15. The number of hydrogen-bond acceptors (Lipinski definition) is 3. The van der Waals surface area contributed by atoms with Gasteiger partial charge in [-0.2, -0.15) is 0 Å². The molecule has 2 rings (SSSR count). The predicted molar refractivity (Wildman–Crippen MR) is 99.3 cm³/mol. The van der Waals surface area contributed by atoms with Crippen LogP contribution in [0, 0.1) is 34.6 Å². The topological polar surface area (TPSA) is 49.3 Å². The van der Waals surface area contributed by atoms with Crippen molar-refractivity contribution in [1.29, 1.82) is 0 Å². The number of aliphatic imine (C=N–C) groups is 1. The van der Waals surface area contributed by atoms with Crippen LogP contribution < -0.4 is 10.6 Å². The Bertz CT molecular complexity index is 693. The molecule has 2 N–H and O–H groups in total. The third-order valence-electron chi connectivity index (χ3n) is 3.91. The van der Waals surface area contributed by atoms with Crippen LogP contribution in [-0.2, 0) is 13.1 Å². The molecule has 1 heterocycles. The highest BCUT2D eigenvalue weighted by Gasteiger charge is 2.07. The average Bonchev–Trinajstić information content (AvgIpc) is 2.79. The Morgan fingerprint density at radius 3 is 2.17 bits per heavy atom. The summed E-state index contributed by atoms with van der Waals surface area (Å²) in [6.45, 7) is 12.1. The normalized spacial score (nSPS) is 11.7. The first-order valence-corrected chi connectivity index (χ1v) is 8.66. The Balaban J connectivity index is 1.97. The van der Waals surface area contributed by atoms with Gasteiger partial charge in [0.05, 0.1) is 17.2 Å². The molecule has 0 amide bonds. The summed E-state index contributed by atoms with van der Waals surface area (Å²) < 4.78 is 0. The molecule has 0 unspecified atom stereocenters. The molecule has 0 spiro atoms. The third kappa shape index (κ3) is 4.55. The van der Waals surface area contributed by atoms with Crippen molar-refractivity contribution in [3.8, 4) is 0 Å². The molecule has 0 bridgehead atoms. The molecule has 4 nitrogen and oxygen atoms in total. The fourth-order valence-electron chi connectivity index (χ4n) is 2.78. The zero-order chi connectivity index (χ0) is 17.0. The number of nitrogens with zero attached hydrogens (tertiary/aromatic N) is 2. The number of hydrogen-bond donors (Lipinski definition) is 2. The summed E-state index contributed by atoms with van der Waals surface area (Å²) in [4.78, 5) is 10.0. The lowest BCUT2D eigenvalue weighted by Crippen LogP contribution is -2.36. The number of guanidine groups is 1. The largest absolute Gasteiger partial charge is 0.352 e. The lowest BCUT2D eigenvalue weighted by molar-refractivity contribution is 0.805. The molecule has 124 valence electrons. The molecule has 0 radical (unpaired) electrons. The van der Waals surface area contributed by atoms with Crippen LogP contribution in [0.3, 0.4) is 0 Å². The van der Waals surface area contributed by atoms with Crippen LogP contribution in [-0.4, -0.2) is 18.0 Å². The summed E-state index contributed by atoms with van der Waals surface area (Å²) in [7, 11) is 1.80. The third-order valence-corrected chi connectivity index (χ3v) is 4.99. The Kier molecular flexibility index (Phi) is 5.77. The molecule has 1 aromatic heterocycles. The highest BCUT2D eigenvalue weighted by molar-refractivity contribution is 7.11. The minimum Gasteiger partial charge on any atom is -0.352 e. The van der Waals surface area contributed by atoms with Gasteiger partial charge in [0.1, 0.15) is 0 Å². The van der Waals surface area contributed by atoms with Crippen molar-refractivity contribution in [2.24, 2.45) is 4.99 Å². The van der Waals surface area contributed by atoms with Gasteiger partial charge in [0.25, 0.3) is 0 Å². The average molecular weight is 331 g/mol. The molecule has 0 saturated carbocycles. The van der Waals surface area contributed by atoms with E-state index >= 15 is 0 Å². The highest BCUT2D eigenvalue weighted by Crippen LogP contribution is 2.17. The van der Waals surface area contributed by atoms with Gasteiger partial charge < -0.3 is 10.6 Å². The van der Waals surface area contributed by atoms with E-state index in [1.807, 2.05) is 6.92 Å². The number of thiazole rings is 1. The molecule has 0 aliphatic rings. The van der Waals surface area contributed by atoms with Gasteiger partial charge in [-0.1, -0.05) is 17.7 Å². The number of aromatic nitrogens is 1. The molecule has 0 aliphatic carbocycles. The summed E-state index contributed by atoms with van der Waals surface area (Å²) in [6, 6.07) is 4.45. The molecule has 5 heteroatoms. The maximum Gasteiger partial charge on any atom is 0.191 e. The van der Waals surface area contributed by atoms with Crippen LogP contribution in [0.1, 0.15) is 37.8 Å². The maximum atomic E-state index is 4.46. The van der Waals surface area contributed by atoms with E-state index in [1.165, 1.54) is 27.1 Å². The van der Waals surface area contributed by atoms with Crippen molar-refractivity contribution < 1.29 is 0 Å². The van der Waals surface area contributed by atoms with E-state index in [0.29, 0.717) is 0 Å². The number of benzene rings is 1. The summed E-state index contributed by atoms with van der Waals surface area (Å²) >= 11 is 1.73. The first-order chi connectivity index (χ1) is 10.9. The number of rotatable bonds is 4. The van der Waals surface area contributed by atoms with Gasteiger partial charge in [-0.15, -0.1) is 11.3 Å². The van der Waals surface area contributed by atoms with E-state index in [-0.39, 0.29) is 0 Å². The van der Waals surface area contributed by atoms with Crippen LogP contribution in [0.2, 0.25) is 0 Å². The fourth-order valence-corrected chi connectivity index (χ4v) is 3.66. The van der Waals surface area contributed by atoms with E-state index in [4.69, 9.17) is 0 Å². The summed E-state index contributed by atoms with van der Waals surface area (Å²) in [5.74, 6) is 0.815. The first kappa shape index (κ1) is 17.5. The molecule has 2 aromatic rings. The molecule has 0 saturated heterocycles. The van der Waals surface area contributed by atoms with Crippen LogP contribution in [0.15, 0.2) is 17.1 Å². The van der Waals surface area contributed by atoms with Crippen molar-refractivity contribution in [3.05, 3.63) is 50.0 Å². The SMILES string of the molecule is CN=C(NCc1sc(C)nc1C)NCc1c(C)cc(C)cc1C. The van der Waals surface area contributed by atoms with E-state index in [1.54, 1.807) is 18.4 Å². The minimum atomic E-state index is 0.753. The number of nitrogens with one attached hydrogen (secondary N) is 2. The molecular formula is C18H26N4S. The monoisotopic (exact) mass is 330 g/mol. The van der Waals surface area contributed by atoms with E-state index in [0.717, 1.165) is 29.8 Å². The van der Waals surface area contributed by atoms with Crippen molar-refractivity contribution >= 4 is 17.3 Å². The van der Waals surface area contributed by atoms with E-state index in [9.17, 15) is 0 Å². The zero-order valence-electron chi connectivity index (χ0n) is 14.9. The quantitative estimate of drug-likeness (QED) is 0.666. The first-order valence-electron chi connectivity index (χ1n) is 7.85. The molecule has 0 aliphatic heterocycles. The second kappa shape index (κ2) is 7.59. The van der Waals surface area contributed by atoms with Gasteiger partial charge in [0, 0.05) is 18.5 Å². The van der Waals surface area contributed by atoms with Crippen molar-refractivity contribution in [2.75, 3.05) is 7.05 Å². The zero-order valence-corrected chi connectivity index (χ0v) is 15.7. The summed E-state index contributed by atoms with van der Waals surface area (Å²) in [5.41, 5.74) is 6.38. The lowest BCUT2D eigenvalue weighted by atomic mass is 10.00. The Morgan fingerprint density at radius 2 is 1.65 bits per heavy atom. The second-order valence-electron chi connectivity index (χ2n) is 5.90. The summed E-state index contributed by atoms with van der Waals surface area (Å²) in [5, 5.41) is 7.88. The minimum absolute atomic E-state index is 0.753. The Hall–Kier alpha value is -1.88.